The third kappa shape index (κ3) is 3.21. The molecule has 0 aliphatic rings. The number of benzene rings is 1. The average Bonchev–Trinajstić information content (AvgIpc) is 3.26. The lowest BCUT2D eigenvalue weighted by Gasteiger charge is -2.07. The quantitative estimate of drug-likeness (QED) is 0.773. The maximum Gasteiger partial charge on any atom is 0.271 e. The number of rotatable bonds is 5. The number of aromatic nitrogens is 3. The van der Waals surface area contributed by atoms with Gasteiger partial charge >= 0.3 is 0 Å². The molecule has 0 bridgehead atoms. The molecule has 0 saturated heterocycles. The maximum absolute atomic E-state index is 12.0. The van der Waals surface area contributed by atoms with Crippen molar-refractivity contribution in [1.29, 1.82) is 0 Å². The largest absolute Gasteiger partial charge is 0.496 e. The molecule has 0 aliphatic carbocycles. The van der Waals surface area contributed by atoms with Crippen molar-refractivity contribution < 1.29 is 14.1 Å². The lowest BCUT2D eigenvalue weighted by molar-refractivity contribution is 0.0928. The fourth-order valence-electron chi connectivity index (χ4n) is 2.01. The third-order valence-corrected chi connectivity index (χ3v) is 3.76. The monoisotopic (exact) mass is 330 g/mol. The molecule has 118 valence electrons. The van der Waals surface area contributed by atoms with E-state index in [-0.39, 0.29) is 5.91 Å². The Labute approximate surface area is 136 Å². The van der Waals surface area contributed by atoms with Gasteiger partial charge in [0.25, 0.3) is 5.91 Å². The molecule has 1 amide bonds. The van der Waals surface area contributed by atoms with Crippen LogP contribution in [0.2, 0.25) is 0 Å². The number of nitrogens with one attached hydrogen (secondary N) is 1. The van der Waals surface area contributed by atoms with Crippen molar-refractivity contribution >= 4 is 17.2 Å². The van der Waals surface area contributed by atoms with Crippen molar-refractivity contribution in [3.05, 3.63) is 46.7 Å². The molecule has 0 radical (unpaired) electrons. The predicted octanol–water partition coefficient (Wildman–Crippen LogP) is 2.69. The Hall–Kier alpha value is -2.74. The normalized spacial score (nSPS) is 11.9. The van der Waals surface area contributed by atoms with Crippen molar-refractivity contribution in [3.63, 3.8) is 0 Å². The van der Waals surface area contributed by atoms with Crippen LogP contribution in [0.4, 0.5) is 0 Å². The van der Waals surface area contributed by atoms with Gasteiger partial charge in [-0.25, -0.2) is 4.98 Å². The number of para-hydroxylation sites is 1. The molecule has 8 heteroatoms. The summed E-state index contributed by atoms with van der Waals surface area (Å²) in [6, 6.07) is 6.95. The topological polar surface area (TPSA) is 90.1 Å². The van der Waals surface area contributed by atoms with Crippen LogP contribution in [0.25, 0.3) is 11.4 Å². The highest BCUT2D eigenvalue weighted by atomic mass is 32.1. The highest BCUT2D eigenvalue weighted by Crippen LogP contribution is 2.27. The summed E-state index contributed by atoms with van der Waals surface area (Å²) in [5.74, 6) is 1.09. The summed E-state index contributed by atoms with van der Waals surface area (Å²) >= 11 is 1.36. The smallest absolute Gasteiger partial charge is 0.271 e. The van der Waals surface area contributed by atoms with E-state index in [1.807, 2.05) is 24.3 Å². The van der Waals surface area contributed by atoms with Crippen molar-refractivity contribution in [2.45, 2.75) is 13.0 Å². The molecular weight excluding hydrogens is 316 g/mol. The van der Waals surface area contributed by atoms with Crippen LogP contribution in [-0.2, 0) is 0 Å². The van der Waals surface area contributed by atoms with Crippen LogP contribution in [0.15, 0.2) is 39.7 Å². The first-order valence-electron chi connectivity index (χ1n) is 6.85. The van der Waals surface area contributed by atoms with Crippen molar-refractivity contribution in [1.82, 2.24) is 20.4 Å². The standard InChI is InChI=1S/C15H14N4O3S/c1-9(17-14(20)11-7-23-8-16-11)15-18-13(19-22-15)10-5-3-4-6-12(10)21-2/h3-9H,1-2H3,(H,17,20)/t9-/m1/s1. The third-order valence-electron chi connectivity index (χ3n) is 3.17. The highest BCUT2D eigenvalue weighted by Gasteiger charge is 2.20. The minimum Gasteiger partial charge on any atom is -0.496 e. The Kier molecular flexibility index (Phi) is 4.33. The first-order chi connectivity index (χ1) is 11.2. The molecule has 7 nitrogen and oxygen atoms in total. The van der Waals surface area contributed by atoms with Gasteiger partial charge in [0.05, 0.1) is 18.2 Å². The number of hydrogen-bond donors (Lipinski definition) is 1. The van der Waals surface area contributed by atoms with Crippen LogP contribution in [-0.4, -0.2) is 28.1 Å². The van der Waals surface area contributed by atoms with Crippen LogP contribution in [0, 0.1) is 0 Å². The molecule has 0 saturated carbocycles. The number of nitrogens with zero attached hydrogens (tertiary/aromatic N) is 3. The second-order valence-electron chi connectivity index (χ2n) is 4.73. The number of methoxy groups -OCH3 is 1. The van der Waals surface area contributed by atoms with Gasteiger partial charge < -0.3 is 14.6 Å². The Balaban J connectivity index is 1.77. The summed E-state index contributed by atoms with van der Waals surface area (Å²) in [4.78, 5) is 20.3. The highest BCUT2D eigenvalue weighted by molar-refractivity contribution is 7.07. The SMILES string of the molecule is COc1ccccc1-c1noc([C@@H](C)NC(=O)c2cscn2)n1. The van der Waals surface area contributed by atoms with Gasteiger partial charge in [0.15, 0.2) is 0 Å². The van der Waals surface area contributed by atoms with Crippen LogP contribution in [0.3, 0.4) is 0 Å². The molecule has 1 N–H and O–H groups in total. The van der Waals surface area contributed by atoms with Gasteiger partial charge in [-0.2, -0.15) is 4.98 Å². The van der Waals surface area contributed by atoms with E-state index in [0.717, 1.165) is 5.56 Å². The number of carbonyl (C=O) groups is 1. The van der Waals surface area contributed by atoms with Gasteiger partial charge in [0, 0.05) is 5.38 Å². The van der Waals surface area contributed by atoms with Gasteiger partial charge in [-0.1, -0.05) is 17.3 Å². The molecule has 23 heavy (non-hydrogen) atoms. The summed E-state index contributed by atoms with van der Waals surface area (Å²) < 4.78 is 10.5. The molecule has 0 aliphatic heterocycles. The van der Waals surface area contributed by atoms with E-state index >= 15 is 0 Å². The zero-order valence-corrected chi connectivity index (χ0v) is 13.3. The van der Waals surface area contributed by atoms with E-state index in [1.54, 1.807) is 24.9 Å². The van der Waals surface area contributed by atoms with Crippen molar-refractivity contribution in [2.75, 3.05) is 7.11 Å². The number of hydrogen-bond acceptors (Lipinski definition) is 7. The fraction of sp³-hybridized carbons (Fsp3) is 0.200. The molecule has 0 spiro atoms. The summed E-state index contributed by atoms with van der Waals surface area (Å²) in [6.07, 6.45) is 0. The van der Waals surface area contributed by atoms with Crippen molar-refractivity contribution in [2.24, 2.45) is 0 Å². The molecule has 1 aromatic carbocycles. The van der Waals surface area contributed by atoms with E-state index in [0.29, 0.717) is 23.2 Å². The Morgan fingerprint density at radius 2 is 2.22 bits per heavy atom. The van der Waals surface area contributed by atoms with Gasteiger partial charge in [0.1, 0.15) is 17.5 Å². The second-order valence-corrected chi connectivity index (χ2v) is 5.44. The molecule has 0 unspecified atom stereocenters. The molecular formula is C15H14N4O3S. The van der Waals surface area contributed by atoms with Crippen molar-refractivity contribution in [3.8, 4) is 17.1 Å². The first kappa shape index (κ1) is 15.2. The molecule has 2 aromatic heterocycles. The van der Waals surface area contributed by atoms with E-state index in [2.05, 4.69) is 20.4 Å². The molecule has 0 fully saturated rings. The maximum atomic E-state index is 12.0. The second kappa shape index (κ2) is 6.57. The molecule has 2 heterocycles. The Morgan fingerprint density at radius 1 is 1.39 bits per heavy atom. The molecule has 1 atom stereocenters. The summed E-state index contributed by atoms with van der Waals surface area (Å²) in [6.45, 7) is 1.77. The van der Waals surface area contributed by atoms with E-state index in [4.69, 9.17) is 9.26 Å². The number of ether oxygens (including phenoxy) is 1. The van der Waals surface area contributed by atoms with Crippen LogP contribution >= 0.6 is 11.3 Å². The summed E-state index contributed by atoms with van der Waals surface area (Å²) in [5, 5.41) is 8.40. The minimum atomic E-state index is -0.430. The van der Waals surface area contributed by atoms with Gasteiger partial charge in [-0.05, 0) is 19.1 Å². The zero-order valence-electron chi connectivity index (χ0n) is 12.5. The molecule has 3 rings (SSSR count). The van der Waals surface area contributed by atoms with Crippen LogP contribution in [0.5, 0.6) is 5.75 Å². The Morgan fingerprint density at radius 3 is 2.96 bits per heavy atom. The van der Waals surface area contributed by atoms with E-state index in [1.165, 1.54) is 11.3 Å². The van der Waals surface area contributed by atoms with Gasteiger partial charge in [-0.15, -0.1) is 11.3 Å². The van der Waals surface area contributed by atoms with Gasteiger partial charge in [0.2, 0.25) is 11.7 Å². The number of carbonyl (C=O) groups excluding carboxylic acids is 1. The minimum absolute atomic E-state index is 0.282. The fourth-order valence-corrected chi connectivity index (χ4v) is 2.54. The van der Waals surface area contributed by atoms with E-state index < -0.39 is 6.04 Å². The summed E-state index contributed by atoms with van der Waals surface area (Å²) in [7, 11) is 1.58. The Bertz CT molecular complexity index is 801. The lowest BCUT2D eigenvalue weighted by Crippen LogP contribution is -2.27. The van der Waals surface area contributed by atoms with Gasteiger partial charge in [-0.3, -0.25) is 4.79 Å². The number of thiazole rings is 1. The lowest BCUT2D eigenvalue weighted by atomic mass is 10.2. The van der Waals surface area contributed by atoms with Crippen LogP contribution < -0.4 is 10.1 Å². The summed E-state index contributed by atoms with van der Waals surface area (Å²) in [5.41, 5.74) is 2.70. The van der Waals surface area contributed by atoms with Crippen LogP contribution in [0.1, 0.15) is 29.3 Å². The number of amides is 1. The average molecular weight is 330 g/mol. The zero-order chi connectivity index (χ0) is 16.2. The first-order valence-corrected chi connectivity index (χ1v) is 7.79. The predicted molar refractivity (Wildman–Crippen MR) is 84.3 cm³/mol. The molecule has 3 aromatic rings. The van der Waals surface area contributed by atoms with E-state index in [9.17, 15) is 4.79 Å².